The van der Waals surface area contributed by atoms with Crippen LogP contribution < -0.4 is 16.0 Å². The van der Waals surface area contributed by atoms with Gasteiger partial charge in [-0.2, -0.15) is 11.8 Å². The van der Waals surface area contributed by atoms with E-state index in [2.05, 4.69) is 20.9 Å². The third kappa shape index (κ3) is 5.96. The number of phenols is 1. The first kappa shape index (κ1) is 18.4. The lowest BCUT2D eigenvalue weighted by Crippen LogP contribution is -2.41. The van der Waals surface area contributed by atoms with Crippen LogP contribution in [0.4, 0.5) is 0 Å². The van der Waals surface area contributed by atoms with Crippen molar-refractivity contribution in [2.45, 2.75) is 25.0 Å². The zero-order valence-electron chi connectivity index (χ0n) is 14.0. The van der Waals surface area contributed by atoms with Gasteiger partial charge in [0.1, 0.15) is 5.75 Å². The van der Waals surface area contributed by atoms with Gasteiger partial charge in [0.25, 0.3) is 5.91 Å². The average molecular weight is 350 g/mol. The van der Waals surface area contributed by atoms with Crippen LogP contribution in [0.1, 0.15) is 30.1 Å². The molecule has 1 heterocycles. The Hall–Kier alpha value is -1.89. The maximum atomic E-state index is 12.0. The van der Waals surface area contributed by atoms with Crippen LogP contribution in [0.3, 0.4) is 0 Å². The Morgan fingerprint density at radius 2 is 2.08 bits per heavy atom. The first-order chi connectivity index (χ1) is 11.7. The Bertz CT molecular complexity index is 559. The maximum Gasteiger partial charge on any atom is 0.255 e. The molecular formula is C17H26N4O2S. The highest BCUT2D eigenvalue weighted by molar-refractivity contribution is 8.00. The van der Waals surface area contributed by atoms with Gasteiger partial charge in [-0.1, -0.05) is 12.1 Å². The molecule has 0 spiro atoms. The van der Waals surface area contributed by atoms with Gasteiger partial charge in [-0.15, -0.1) is 0 Å². The number of hydrogen-bond acceptors (Lipinski definition) is 4. The van der Waals surface area contributed by atoms with Crippen molar-refractivity contribution >= 4 is 23.6 Å². The molecule has 2 rings (SSSR count). The molecule has 1 aliphatic rings. The van der Waals surface area contributed by atoms with Crippen molar-refractivity contribution in [1.29, 1.82) is 0 Å². The highest BCUT2D eigenvalue weighted by Crippen LogP contribution is 2.25. The second-order valence-electron chi connectivity index (χ2n) is 5.55. The zero-order valence-corrected chi connectivity index (χ0v) is 14.9. The summed E-state index contributed by atoms with van der Waals surface area (Å²) in [6.07, 6.45) is 2.53. The maximum absolute atomic E-state index is 12.0. The largest absolute Gasteiger partial charge is 0.507 e. The number of hydrogen-bond donors (Lipinski definition) is 4. The second kappa shape index (κ2) is 10.1. The molecule has 1 fully saturated rings. The van der Waals surface area contributed by atoms with E-state index in [1.165, 1.54) is 24.7 Å². The van der Waals surface area contributed by atoms with Gasteiger partial charge in [-0.3, -0.25) is 9.79 Å². The first-order valence-electron chi connectivity index (χ1n) is 8.40. The predicted octanol–water partition coefficient (Wildman–Crippen LogP) is 1.57. The Morgan fingerprint density at radius 1 is 1.29 bits per heavy atom. The zero-order chi connectivity index (χ0) is 17.2. The topological polar surface area (TPSA) is 85.8 Å². The number of carbonyl (C=O) groups is 1. The van der Waals surface area contributed by atoms with Crippen molar-refractivity contribution in [1.82, 2.24) is 16.0 Å². The smallest absolute Gasteiger partial charge is 0.255 e. The van der Waals surface area contributed by atoms with E-state index in [9.17, 15) is 9.90 Å². The van der Waals surface area contributed by atoms with Crippen molar-refractivity contribution in [2.24, 2.45) is 4.99 Å². The highest BCUT2D eigenvalue weighted by atomic mass is 32.2. The number of aliphatic imine (C=N–C) groups is 1. The van der Waals surface area contributed by atoms with E-state index in [4.69, 9.17) is 0 Å². The van der Waals surface area contributed by atoms with Gasteiger partial charge in [-0.05, 0) is 37.7 Å². The van der Waals surface area contributed by atoms with E-state index < -0.39 is 0 Å². The van der Waals surface area contributed by atoms with E-state index >= 15 is 0 Å². The summed E-state index contributed by atoms with van der Waals surface area (Å²) in [5.41, 5.74) is 0.288. The molecule has 24 heavy (non-hydrogen) atoms. The molecule has 7 heteroatoms. The lowest BCUT2D eigenvalue weighted by Gasteiger charge is -2.13. The molecule has 1 amide bonds. The summed E-state index contributed by atoms with van der Waals surface area (Å²) < 4.78 is 0. The summed E-state index contributed by atoms with van der Waals surface area (Å²) in [6, 6.07) is 6.52. The van der Waals surface area contributed by atoms with Gasteiger partial charge < -0.3 is 21.1 Å². The van der Waals surface area contributed by atoms with E-state index in [1.807, 2.05) is 18.7 Å². The van der Waals surface area contributed by atoms with E-state index in [1.54, 1.807) is 18.2 Å². The van der Waals surface area contributed by atoms with Gasteiger partial charge in [-0.25, -0.2) is 0 Å². The fraction of sp³-hybridized carbons (Fsp3) is 0.529. The minimum absolute atomic E-state index is 0.00748. The summed E-state index contributed by atoms with van der Waals surface area (Å²) >= 11 is 1.99. The normalized spacial score (nSPS) is 17.5. The number of aromatic hydroxyl groups is 1. The Balaban J connectivity index is 1.73. The molecule has 4 N–H and O–H groups in total. The summed E-state index contributed by atoms with van der Waals surface area (Å²) in [6.45, 7) is 4.68. The number of nitrogens with zero attached hydrogens (tertiary/aromatic N) is 1. The molecule has 0 radical (unpaired) electrons. The quantitative estimate of drug-likeness (QED) is 0.341. The van der Waals surface area contributed by atoms with E-state index in [0.717, 1.165) is 19.0 Å². The number of para-hydroxylation sites is 1. The minimum atomic E-state index is -0.279. The molecule has 1 atom stereocenters. The number of nitrogens with one attached hydrogen (secondary N) is 3. The SMILES string of the molecule is CCNC(=NCC1CCCS1)NCCNC(=O)c1ccccc1O. The molecule has 0 aromatic heterocycles. The molecule has 1 unspecified atom stereocenters. The number of phenolic OH excluding ortho intramolecular Hbond substituents is 1. The second-order valence-corrected chi connectivity index (χ2v) is 6.96. The number of thioether (sulfide) groups is 1. The van der Waals surface area contributed by atoms with Gasteiger partial charge in [0, 0.05) is 24.9 Å². The first-order valence-corrected chi connectivity index (χ1v) is 9.45. The van der Waals surface area contributed by atoms with Crippen LogP contribution in [0.15, 0.2) is 29.3 Å². The third-order valence-corrected chi connectivity index (χ3v) is 5.05. The fourth-order valence-corrected chi connectivity index (χ4v) is 3.62. The molecule has 1 aromatic carbocycles. The lowest BCUT2D eigenvalue weighted by atomic mass is 10.2. The van der Waals surface area contributed by atoms with Crippen LogP contribution >= 0.6 is 11.8 Å². The summed E-state index contributed by atoms with van der Waals surface area (Å²) in [5.74, 6) is 1.73. The van der Waals surface area contributed by atoms with E-state index in [0.29, 0.717) is 18.3 Å². The predicted molar refractivity (Wildman–Crippen MR) is 99.9 cm³/mol. The summed E-state index contributed by atoms with van der Waals surface area (Å²) in [4.78, 5) is 16.6. The van der Waals surface area contributed by atoms with Gasteiger partial charge >= 0.3 is 0 Å². The Labute approximate surface area is 147 Å². The number of rotatable bonds is 7. The molecule has 1 aliphatic heterocycles. The van der Waals surface area contributed by atoms with Crippen LogP contribution in [0, 0.1) is 0 Å². The number of guanidine groups is 1. The molecule has 132 valence electrons. The fourth-order valence-electron chi connectivity index (χ4n) is 2.44. The standard InChI is InChI=1S/C17H26N4O2S/c1-2-18-17(21-12-13-6-5-11-24-13)20-10-9-19-16(23)14-7-3-4-8-15(14)22/h3-4,7-8,13,22H,2,5-6,9-12H2,1H3,(H,19,23)(H2,18,20,21). The van der Waals surface area contributed by atoms with Gasteiger partial charge in [0.05, 0.1) is 12.1 Å². The third-order valence-electron chi connectivity index (χ3n) is 3.67. The van der Waals surface area contributed by atoms with Gasteiger partial charge in [0.15, 0.2) is 5.96 Å². The number of amides is 1. The van der Waals surface area contributed by atoms with Crippen LogP contribution in [0.2, 0.25) is 0 Å². The molecule has 0 bridgehead atoms. The molecular weight excluding hydrogens is 324 g/mol. The highest BCUT2D eigenvalue weighted by Gasteiger charge is 2.15. The van der Waals surface area contributed by atoms with Crippen LogP contribution in [0.25, 0.3) is 0 Å². The van der Waals surface area contributed by atoms with Crippen molar-refractivity contribution < 1.29 is 9.90 Å². The number of benzene rings is 1. The molecule has 1 saturated heterocycles. The molecule has 0 saturated carbocycles. The van der Waals surface area contributed by atoms with Crippen LogP contribution in [-0.2, 0) is 0 Å². The summed E-state index contributed by atoms with van der Waals surface area (Å²) in [7, 11) is 0. The Morgan fingerprint density at radius 3 is 2.79 bits per heavy atom. The minimum Gasteiger partial charge on any atom is -0.507 e. The average Bonchev–Trinajstić information content (AvgIpc) is 3.10. The van der Waals surface area contributed by atoms with Crippen molar-refractivity contribution in [3.8, 4) is 5.75 Å². The molecule has 1 aromatic rings. The van der Waals surface area contributed by atoms with Crippen molar-refractivity contribution in [2.75, 3.05) is 31.9 Å². The monoisotopic (exact) mass is 350 g/mol. The lowest BCUT2D eigenvalue weighted by molar-refractivity contribution is 0.0951. The van der Waals surface area contributed by atoms with Crippen LogP contribution in [0.5, 0.6) is 5.75 Å². The van der Waals surface area contributed by atoms with Crippen molar-refractivity contribution in [3.05, 3.63) is 29.8 Å². The molecule has 6 nitrogen and oxygen atoms in total. The van der Waals surface area contributed by atoms with E-state index in [-0.39, 0.29) is 17.2 Å². The number of carbonyl (C=O) groups excluding carboxylic acids is 1. The van der Waals surface area contributed by atoms with Crippen LogP contribution in [-0.4, -0.2) is 54.2 Å². The Kier molecular flexibility index (Phi) is 7.74. The summed E-state index contributed by atoms with van der Waals surface area (Å²) in [5, 5.41) is 19.5. The molecule has 0 aliphatic carbocycles. The van der Waals surface area contributed by atoms with Crippen molar-refractivity contribution in [3.63, 3.8) is 0 Å². The van der Waals surface area contributed by atoms with Gasteiger partial charge in [0.2, 0.25) is 0 Å².